The highest BCUT2D eigenvalue weighted by molar-refractivity contribution is 7.92. The van der Waals surface area contributed by atoms with Gasteiger partial charge in [-0.2, -0.15) is 0 Å². The van der Waals surface area contributed by atoms with Crippen LogP contribution in [0.4, 0.5) is 20.2 Å². The molecule has 0 radical (unpaired) electrons. The molecule has 0 aliphatic heterocycles. The lowest BCUT2D eigenvalue weighted by molar-refractivity contribution is -0.385. The van der Waals surface area contributed by atoms with Crippen LogP contribution in [0.3, 0.4) is 0 Å². The van der Waals surface area contributed by atoms with Crippen molar-refractivity contribution in [2.75, 3.05) is 4.72 Å². The second-order valence-electron chi connectivity index (χ2n) is 4.54. The summed E-state index contributed by atoms with van der Waals surface area (Å²) in [6, 6.07) is 4.08. The Hall–Kier alpha value is -2.26. The average molecular weight is 363 g/mol. The second kappa shape index (κ2) is 6.09. The van der Waals surface area contributed by atoms with Crippen LogP contribution >= 0.6 is 11.6 Å². The molecule has 23 heavy (non-hydrogen) atoms. The van der Waals surface area contributed by atoms with Gasteiger partial charge in [-0.3, -0.25) is 14.8 Å². The molecule has 6 nitrogen and oxygen atoms in total. The van der Waals surface area contributed by atoms with E-state index in [0.29, 0.717) is 6.07 Å². The van der Waals surface area contributed by atoms with Gasteiger partial charge >= 0.3 is 0 Å². The third-order valence-electron chi connectivity index (χ3n) is 2.97. The van der Waals surface area contributed by atoms with Crippen molar-refractivity contribution in [2.24, 2.45) is 0 Å². The number of nitrogens with zero attached hydrogens (tertiary/aromatic N) is 1. The van der Waals surface area contributed by atoms with Crippen molar-refractivity contribution < 1.29 is 22.1 Å². The van der Waals surface area contributed by atoms with Crippen LogP contribution in [0, 0.1) is 28.7 Å². The standard InChI is InChI=1S/C13H9ClF2N2O4S/c1-7-10(14)5-9(6-13(7)18(19)20)23(21,22)17-12-3-2-8(15)4-11(12)16/h2-6,17H,1H3. The van der Waals surface area contributed by atoms with Crippen molar-refractivity contribution in [3.8, 4) is 0 Å². The molecule has 2 aromatic carbocycles. The number of rotatable bonds is 4. The van der Waals surface area contributed by atoms with Crippen molar-refractivity contribution in [2.45, 2.75) is 11.8 Å². The van der Waals surface area contributed by atoms with E-state index in [1.54, 1.807) is 0 Å². The summed E-state index contributed by atoms with van der Waals surface area (Å²) >= 11 is 5.80. The van der Waals surface area contributed by atoms with E-state index < -0.39 is 42.9 Å². The molecule has 0 saturated carbocycles. The lowest BCUT2D eigenvalue weighted by Crippen LogP contribution is -2.14. The predicted molar refractivity (Wildman–Crippen MR) is 80.0 cm³/mol. The van der Waals surface area contributed by atoms with Gasteiger partial charge in [-0.25, -0.2) is 17.2 Å². The third kappa shape index (κ3) is 3.57. The number of nitrogens with one attached hydrogen (secondary N) is 1. The Bertz CT molecular complexity index is 903. The maximum Gasteiger partial charge on any atom is 0.275 e. The van der Waals surface area contributed by atoms with E-state index in [4.69, 9.17) is 11.6 Å². The molecule has 0 atom stereocenters. The van der Waals surface area contributed by atoms with Gasteiger partial charge in [0, 0.05) is 17.7 Å². The second-order valence-corrected chi connectivity index (χ2v) is 6.63. The Morgan fingerprint density at radius 3 is 2.43 bits per heavy atom. The van der Waals surface area contributed by atoms with E-state index in [9.17, 15) is 27.3 Å². The first kappa shape index (κ1) is 17.1. The molecule has 2 rings (SSSR count). The van der Waals surface area contributed by atoms with Crippen molar-refractivity contribution in [3.05, 3.63) is 62.7 Å². The van der Waals surface area contributed by atoms with Crippen LogP contribution < -0.4 is 4.72 Å². The van der Waals surface area contributed by atoms with E-state index >= 15 is 0 Å². The monoisotopic (exact) mass is 362 g/mol. The van der Waals surface area contributed by atoms with Crippen LogP contribution in [-0.2, 0) is 10.0 Å². The van der Waals surface area contributed by atoms with Gasteiger partial charge < -0.3 is 0 Å². The van der Waals surface area contributed by atoms with E-state index in [1.807, 2.05) is 4.72 Å². The topological polar surface area (TPSA) is 89.3 Å². The maximum atomic E-state index is 13.5. The molecule has 0 unspecified atom stereocenters. The fourth-order valence-electron chi connectivity index (χ4n) is 1.76. The minimum absolute atomic E-state index is 0.101. The highest BCUT2D eigenvalue weighted by atomic mass is 35.5. The molecule has 0 aliphatic carbocycles. The van der Waals surface area contributed by atoms with E-state index in [-0.39, 0.29) is 10.6 Å². The van der Waals surface area contributed by atoms with Crippen molar-refractivity contribution in [1.29, 1.82) is 0 Å². The number of anilines is 1. The molecule has 0 aliphatic rings. The fraction of sp³-hybridized carbons (Fsp3) is 0.0769. The van der Waals surface area contributed by atoms with Gasteiger partial charge in [0.25, 0.3) is 15.7 Å². The average Bonchev–Trinajstić information content (AvgIpc) is 2.44. The van der Waals surface area contributed by atoms with Crippen molar-refractivity contribution >= 4 is 33.0 Å². The Morgan fingerprint density at radius 1 is 1.22 bits per heavy atom. The third-order valence-corrected chi connectivity index (χ3v) is 4.71. The molecule has 0 heterocycles. The predicted octanol–water partition coefficient (Wildman–Crippen LogP) is 3.64. The number of benzene rings is 2. The van der Waals surface area contributed by atoms with Gasteiger partial charge in [0.15, 0.2) is 0 Å². The zero-order chi connectivity index (χ0) is 17.4. The molecule has 0 spiro atoms. The molecule has 0 saturated heterocycles. The SMILES string of the molecule is Cc1c(Cl)cc(S(=O)(=O)Nc2ccc(F)cc2F)cc1[N+](=O)[O-]. The van der Waals surface area contributed by atoms with Gasteiger partial charge in [0.2, 0.25) is 0 Å². The van der Waals surface area contributed by atoms with Crippen molar-refractivity contribution in [1.82, 2.24) is 0 Å². The van der Waals surface area contributed by atoms with Crippen LogP contribution in [0.2, 0.25) is 5.02 Å². The van der Waals surface area contributed by atoms with Gasteiger partial charge in [-0.15, -0.1) is 0 Å². The molecule has 1 N–H and O–H groups in total. The molecule has 122 valence electrons. The summed E-state index contributed by atoms with van der Waals surface area (Å²) in [6.45, 7) is 1.37. The fourth-order valence-corrected chi connectivity index (χ4v) is 3.15. The Kier molecular flexibility index (Phi) is 4.53. The minimum atomic E-state index is -4.35. The summed E-state index contributed by atoms with van der Waals surface area (Å²) in [5.41, 5.74) is -0.883. The van der Waals surface area contributed by atoms with Gasteiger partial charge in [0.05, 0.1) is 20.5 Å². The highest BCUT2D eigenvalue weighted by Crippen LogP contribution is 2.30. The lowest BCUT2D eigenvalue weighted by atomic mass is 10.2. The van der Waals surface area contributed by atoms with Gasteiger partial charge in [-0.1, -0.05) is 11.6 Å². The number of hydrogen-bond donors (Lipinski definition) is 1. The summed E-state index contributed by atoms with van der Waals surface area (Å²) < 4.78 is 52.7. The first-order chi connectivity index (χ1) is 10.6. The van der Waals surface area contributed by atoms with E-state index in [1.165, 1.54) is 6.92 Å². The van der Waals surface area contributed by atoms with Crippen LogP contribution in [0.1, 0.15) is 5.56 Å². The summed E-state index contributed by atoms with van der Waals surface area (Å²) in [5.74, 6) is -2.00. The molecular formula is C13H9ClF2N2O4S. The van der Waals surface area contributed by atoms with E-state index in [2.05, 4.69) is 0 Å². The first-order valence-electron chi connectivity index (χ1n) is 6.04. The first-order valence-corrected chi connectivity index (χ1v) is 7.90. The minimum Gasteiger partial charge on any atom is -0.277 e. The van der Waals surface area contributed by atoms with E-state index in [0.717, 1.165) is 24.3 Å². The quantitative estimate of drug-likeness (QED) is 0.664. The highest BCUT2D eigenvalue weighted by Gasteiger charge is 2.23. The lowest BCUT2D eigenvalue weighted by Gasteiger charge is -2.10. The zero-order valence-electron chi connectivity index (χ0n) is 11.5. The zero-order valence-corrected chi connectivity index (χ0v) is 13.1. The molecule has 10 heteroatoms. The number of nitro benzene ring substituents is 1. The molecule has 0 aromatic heterocycles. The Morgan fingerprint density at radius 2 is 1.87 bits per heavy atom. The maximum absolute atomic E-state index is 13.5. The number of hydrogen-bond acceptors (Lipinski definition) is 4. The van der Waals surface area contributed by atoms with Gasteiger partial charge in [0.1, 0.15) is 11.6 Å². The molecule has 0 amide bonds. The summed E-state index contributed by atoms with van der Waals surface area (Å²) in [7, 11) is -4.35. The number of sulfonamides is 1. The normalized spacial score (nSPS) is 11.3. The summed E-state index contributed by atoms with van der Waals surface area (Å²) in [6.07, 6.45) is 0. The largest absolute Gasteiger partial charge is 0.277 e. The van der Waals surface area contributed by atoms with Crippen LogP contribution in [0.15, 0.2) is 35.2 Å². The summed E-state index contributed by atoms with van der Waals surface area (Å²) in [5, 5.41) is 10.8. The smallest absolute Gasteiger partial charge is 0.275 e. The molecule has 0 bridgehead atoms. The Balaban J connectivity index is 2.50. The van der Waals surface area contributed by atoms with Gasteiger partial charge in [-0.05, 0) is 25.1 Å². The summed E-state index contributed by atoms with van der Waals surface area (Å²) in [4.78, 5) is 9.64. The van der Waals surface area contributed by atoms with Crippen LogP contribution in [0.5, 0.6) is 0 Å². The molecule has 0 fully saturated rings. The van der Waals surface area contributed by atoms with Crippen LogP contribution in [0.25, 0.3) is 0 Å². The van der Waals surface area contributed by atoms with Crippen molar-refractivity contribution in [3.63, 3.8) is 0 Å². The van der Waals surface area contributed by atoms with Crippen LogP contribution in [-0.4, -0.2) is 13.3 Å². The Labute approximate surface area is 134 Å². The number of nitro groups is 1. The number of halogens is 3. The molecule has 2 aromatic rings. The molecular weight excluding hydrogens is 354 g/mol.